The quantitative estimate of drug-likeness (QED) is 0.521. The summed E-state index contributed by atoms with van der Waals surface area (Å²) in [4.78, 5) is 37.1. The van der Waals surface area contributed by atoms with Gasteiger partial charge in [-0.25, -0.2) is 0 Å². The summed E-state index contributed by atoms with van der Waals surface area (Å²) >= 11 is 0. The van der Waals surface area contributed by atoms with Gasteiger partial charge in [0.25, 0.3) is 5.91 Å². The molecule has 0 bridgehead atoms. The average molecular weight is 412 g/mol. The molecule has 0 atom stereocenters. The second kappa shape index (κ2) is 11.6. The Bertz CT molecular complexity index is 850. The second-order valence-electron chi connectivity index (χ2n) is 6.71. The van der Waals surface area contributed by atoms with Gasteiger partial charge >= 0.3 is 0 Å². The van der Waals surface area contributed by atoms with Crippen LogP contribution >= 0.6 is 0 Å². The van der Waals surface area contributed by atoms with Gasteiger partial charge in [-0.15, -0.1) is 0 Å². The fourth-order valence-corrected chi connectivity index (χ4v) is 2.60. The van der Waals surface area contributed by atoms with E-state index in [9.17, 15) is 14.4 Å². The van der Waals surface area contributed by atoms with E-state index in [1.807, 2.05) is 12.1 Å². The van der Waals surface area contributed by atoms with Crippen LogP contribution in [-0.2, 0) is 14.3 Å². The van der Waals surface area contributed by atoms with Gasteiger partial charge in [-0.1, -0.05) is 0 Å². The maximum Gasteiger partial charge on any atom is 0.251 e. The number of hydrogen-bond acceptors (Lipinski definition) is 5. The van der Waals surface area contributed by atoms with E-state index in [-0.39, 0.29) is 24.3 Å². The molecule has 0 unspecified atom stereocenters. The molecule has 0 aliphatic rings. The Balaban J connectivity index is 1.79. The molecular weight excluding hydrogens is 384 g/mol. The van der Waals surface area contributed by atoms with Crippen molar-refractivity contribution in [3.05, 3.63) is 54.1 Å². The topological polar surface area (TPSA) is 99.8 Å². The largest absolute Gasteiger partial charge is 0.385 e. The highest BCUT2D eigenvalue weighted by atomic mass is 16.5. The van der Waals surface area contributed by atoms with Crippen molar-refractivity contribution in [3.8, 4) is 0 Å². The molecule has 0 fully saturated rings. The number of carbonyl (C=O) groups is 3. The van der Waals surface area contributed by atoms with E-state index < -0.39 is 0 Å². The van der Waals surface area contributed by atoms with Crippen molar-refractivity contribution >= 4 is 34.8 Å². The van der Waals surface area contributed by atoms with Crippen molar-refractivity contribution in [2.24, 2.45) is 0 Å². The first kappa shape index (κ1) is 22.9. The van der Waals surface area contributed by atoms with Gasteiger partial charge in [-0.3, -0.25) is 14.4 Å². The van der Waals surface area contributed by atoms with E-state index >= 15 is 0 Å². The summed E-state index contributed by atoms with van der Waals surface area (Å²) in [7, 11) is 3.32. The molecule has 0 saturated carbocycles. The summed E-state index contributed by atoms with van der Waals surface area (Å²) in [6.07, 6.45) is 0.750. The van der Waals surface area contributed by atoms with Crippen LogP contribution in [0.25, 0.3) is 0 Å². The zero-order valence-electron chi connectivity index (χ0n) is 17.5. The smallest absolute Gasteiger partial charge is 0.251 e. The van der Waals surface area contributed by atoms with E-state index in [4.69, 9.17) is 4.74 Å². The predicted octanol–water partition coefficient (Wildman–Crippen LogP) is 2.49. The number of carbonyl (C=O) groups excluding carboxylic acids is 3. The molecule has 2 aromatic carbocycles. The second-order valence-corrected chi connectivity index (χ2v) is 6.71. The van der Waals surface area contributed by atoms with Crippen molar-refractivity contribution in [3.63, 3.8) is 0 Å². The molecule has 0 aliphatic heterocycles. The SMILES string of the molecule is COCCCNC(=O)c1ccc(NC(=O)CNc2ccc(N(C)C(C)=O)cc2)cc1. The number of hydrogen-bond donors (Lipinski definition) is 3. The Morgan fingerprint density at radius 2 is 1.60 bits per heavy atom. The van der Waals surface area contributed by atoms with Crippen LogP contribution in [0.5, 0.6) is 0 Å². The van der Waals surface area contributed by atoms with Crippen LogP contribution < -0.4 is 20.9 Å². The number of ether oxygens (including phenoxy) is 1. The summed E-state index contributed by atoms with van der Waals surface area (Å²) in [5, 5.41) is 8.62. The molecule has 0 saturated heterocycles. The van der Waals surface area contributed by atoms with E-state index in [1.54, 1.807) is 55.5 Å². The van der Waals surface area contributed by atoms with Crippen molar-refractivity contribution in [1.29, 1.82) is 0 Å². The van der Waals surface area contributed by atoms with Crippen LogP contribution in [0.3, 0.4) is 0 Å². The summed E-state index contributed by atoms with van der Waals surface area (Å²) in [5.41, 5.74) is 2.68. The summed E-state index contributed by atoms with van der Waals surface area (Å²) in [6, 6.07) is 13.9. The lowest BCUT2D eigenvalue weighted by Gasteiger charge is -2.15. The van der Waals surface area contributed by atoms with Crippen molar-refractivity contribution in [2.75, 3.05) is 49.4 Å². The molecule has 2 rings (SSSR count). The number of anilines is 3. The molecule has 2 aromatic rings. The first-order valence-corrected chi connectivity index (χ1v) is 9.66. The first-order valence-electron chi connectivity index (χ1n) is 9.66. The fourth-order valence-electron chi connectivity index (χ4n) is 2.60. The number of rotatable bonds is 10. The lowest BCUT2D eigenvalue weighted by atomic mass is 10.2. The average Bonchev–Trinajstić information content (AvgIpc) is 2.75. The Labute approximate surface area is 176 Å². The highest BCUT2D eigenvalue weighted by molar-refractivity contribution is 5.96. The summed E-state index contributed by atoms with van der Waals surface area (Å²) in [5.74, 6) is -0.425. The Kier molecular flexibility index (Phi) is 8.83. The minimum atomic E-state index is -0.211. The third kappa shape index (κ3) is 7.21. The van der Waals surface area contributed by atoms with Gasteiger partial charge in [-0.05, 0) is 55.0 Å². The molecule has 0 spiro atoms. The van der Waals surface area contributed by atoms with Gasteiger partial charge in [-0.2, -0.15) is 0 Å². The number of nitrogens with one attached hydrogen (secondary N) is 3. The van der Waals surface area contributed by atoms with Gasteiger partial charge in [0, 0.05) is 56.9 Å². The first-order chi connectivity index (χ1) is 14.4. The minimum Gasteiger partial charge on any atom is -0.385 e. The molecule has 0 radical (unpaired) electrons. The standard InChI is InChI=1S/C22H28N4O4/c1-16(27)26(2)20-11-9-18(10-12-20)24-15-21(28)25-19-7-5-17(6-8-19)22(29)23-13-4-14-30-3/h5-12,24H,4,13-15H2,1-3H3,(H,23,29)(H,25,28). The van der Waals surface area contributed by atoms with Crippen LogP contribution in [0.1, 0.15) is 23.7 Å². The number of amides is 3. The lowest BCUT2D eigenvalue weighted by Crippen LogP contribution is -2.25. The summed E-state index contributed by atoms with van der Waals surface area (Å²) < 4.78 is 4.94. The Morgan fingerprint density at radius 3 is 2.20 bits per heavy atom. The molecule has 3 amide bonds. The zero-order valence-corrected chi connectivity index (χ0v) is 17.5. The van der Waals surface area contributed by atoms with E-state index in [0.29, 0.717) is 24.4 Å². The molecule has 0 aliphatic carbocycles. The van der Waals surface area contributed by atoms with Crippen LogP contribution in [0, 0.1) is 0 Å². The third-order valence-electron chi connectivity index (χ3n) is 4.42. The van der Waals surface area contributed by atoms with E-state index in [1.165, 1.54) is 6.92 Å². The molecule has 0 aromatic heterocycles. The van der Waals surface area contributed by atoms with Crippen LogP contribution in [0.2, 0.25) is 0 Å². The minimum absolute atomic E-state index is 0.0512. The van der Waals surface area contributed by atoms with Gasteiger partial charge in [0.05, 0.1) is 6.54 Å². The molecule has 3 N–H and O–H groups in total. The summed E-state index contributed by atoms with van der Waals surface area (Å²) in [6.45, 7) is 2.73. The normalized spacial score (nSPS) is 10.2. The molecule has 8 nitrogen and oxygen atoms in total. The van der Waals surface area contributed by atoms with Gasteiger partial charge in [0.1, 0.15) is 0 Å². The maximum absolute atomic E-state index is 12.2. The number of benzene rings is 2. The highest BCUT2D eigenvalue weighted by Crippen LogP contribution is 2.17. The van der Waals surface area contributed by atoms with Gasteiger partial charge in [0.15, 0.2) is 0 Å². The molecule has 30 heavy (non-hydrogen) atoms. The predicted molar refractivity (Wildman–Crippen MR) is 118 cm³/mol. The molecule has 0 heterocycles. The van der Waals surface area contributed by atoms with Crippen molar-refractivity contribution in [1.82, 2.24) is 5.32 Å². The van der Waals surface area contributed by atoms with E-state index in [0.717, 1.165) is 17.8 Å². The monoisotopic (exact) mass is 412 g/mol. The molecule has 8 heteroatoms. The van der Waals surface area contributed by atoms with Crippen molar-refractivity contribution in [2.45, 2.75) is 13.3 Å². The third-order valence-corrected chi connectivity index (χ3v) is 4.42. The molecular formula is C22H28N4O4. The Hall–Kier alpha value is -3.39. The fraction of sp³-hybridized carbons (Fsp3) is 0.318. The van der Waals surface area contributed by atoms with Gasteiger partial charge in [0.2, 0.25) is 11.8 Å². The van der Waals surface area contributed by atoms with Crippen molar-refractivity contribution < 1.29 is 19.1 Å². The number of methoxy groups -OCH3 is 1. The van der Waals surface area contributed by atoms with E-state index in [2.05, 4.69) is 16.0 Å². The van der Waals surface area contributed by atoms with Crippen LogP contribution in [-0.4, -0.2) is 51.6 Å². The highest BCUT2D eigenvalue weighted by Gasteiger charge is 2.08. The van der Waals surface area contributed by atoms with Crippen LogP contribution in [0.15, 0.2) is 48.5 Å². The van der Waals surface area contributed by atoms with Crippen LogP contribution in [0.4, 0.5) is 17.1 Å². The number of nitrogens with zero attached hydrogens (tertiary/aromatic N) is 1. The lowest BCUT2D eigenvalue weighted by molar-refractivity contribution is -0.116. The zero-order chi connectivity index (χ0) is 21.9. The molecule has 160 valence electrons. The maximum atomic E-state index is 12.2. The Morgan fingerprint density at radius 1 is 0.967 bits per heavy atom. The van der Waals surface area contributed by atoms with Gasteiger partial charge < -0.3 is 25.6 Å².